The number of aromatic nitrogens is 1. The molecule has 2 rings (SSSR count). The lowest BCUT2D eigenvalue weighted by Gasteiger charge is -2.14. The van der Waals surface area contributed by atoms with Crippen molar-refractivity contribution in [2.24, 2.45) is 0 Å². The predicted molar refractivity (Wildman–Crippen MR) is 108 cm³/mol. The first kappa shape index (κ1) is 20.2. The van der Waals surface area contributed by atoms with Gasteiger partial charge >= 0.3 is 6.03 Å². The molecule has 0 radical (unpaired) electrons. The maximum atomic E-state index is 12.1. The number of carbonyl (C=O) groups is 2. The molecule has 7 heteroatoms. The zero-order chi connectivity index (χ0) is 20.0. The number of pyridine rings is 1. The number of amides is 3. The fourth-order valence-electron chi connectivity index (χ4n) is 2.78. The number of benzene rings is 1. The summed E-state index contributed by atoms with van der Waals surface area (Å²) in [6.45, 7) is 6.17. The number of nitrogens with one attached hydrogen (secondary N) is 3. The number of aryl methyl sites for hydroxylation is 3. The van der Waals surface area contributed by atoms with Crippen LogP contribution < -0.4 is 20.9 Å². The summed E-state index contributed by atoms with van der Waals surface area (Å²) in [6, 6.07) is 7.36. The molecule has 3 N–H and O–H groups in total. The molecule has 0 saturated heterocycles. The lowest BCUT2D eigenvalue weighted by molar-refractivity contribution is -0.115. The molecule has 1 aromatic heterocycles. The van der Waals surface area contributed by atoms with Crippen molar-refractivity contribution in [1.29, 1.82) is 0 Å². The zero-order valence-electron chi connectivity index (χ0n) is 16.5. The molecule has 0 atom stereocenters. The standard InChI is InChI=1S/C20H27N5O2/c1-13-8-14(2)19(15(3)9-13)24-18(26)12-23-20(27)22-11-16-6-7-21-17(10-16)25(4)5/h6-10H,11-12H2,1-5H3,(H,24,26)(H2,22,23,27). The van der Waals surface area contributed by atoms with Crippen molar-refractivity contribution >= 4 is 23.4 Å². The second-order valence-electron chi connectivity index (χ2n) is 6.77. The summed E-state index contributed by atoms with van der Waals surface area (Å²) >= 11 is 0. The average Bonchev–Trinajstić information content (AvgIpc) is 2.61. The summed E-state index contributed by atoms with van der Waals surface area (Å²) in [5, 5.41) is 8.17. The van der Waals surface area contributed by atoms with E-state index < -0.39 is 6.03 Å². The van der Waals surface area contributed by atoms with Crippen LogP contribution in [0.5, 0.6) is 0 Å². The van der Waals surface area contributed by atoms with Gasteiger partial charge in [-0.05, 0) is 49.6 Å². The molecule has 27 heavy (non-hydrogen) atoms. The molecule has 0 aliphatic rings. The van der Waals surface area contributed by atoms with E-state index in [1.54, 1.807) is 6.20 Å². The van der Waals surface area contributed by atoms with E-state index >= 15 is 0 Å². The molecule has 1 aromatic carbocycles. The molecule has 0 saturated carbocycles. The lowest BCUT2D eigenvalue weighted by atomic mass is 10.1. The topological polar surface area (TPSA) is 86.4 Å². The van der Waals surface area contributed by atoms with E-state index in [0.29, 0.717) is 6.54 Å². The van der Waals surface area contributed by atoms with Gasteiger partial charge in [0.05, 0.1) is 6.54 Å². The summed E-state index contributed by atoms with van der Waals surface area (Å²) in [6.07, 6.45) is 1.70. The van der Waals surface area contributed by atoms with Crippen LogP contribution in [0.2, 0.25) is 0 Å². The highest BCUT2D eigenvalue weighted by molar-refractivity contribution is 5.95. The van der Waals surface area contributed by atoms with Gasteiger partial charge in [0.25, 0.3) is 0 Å². The van der Waals surface area contributed by atoms with E-state index in [1.165, 1.54) is 0 Å². The van der Waals surface area contributed by atoms with Crippen molar-refractivity contribution in [3.8, 4) is 0 Å². The van der Waals surface area contributed by atoms with Gasteiger partial charge in [-0.3, -0.25) is 4.79 Å². The Labute approximate surface area is 160 Å². The molecule has 0 spiro atoms. The molecule has 0 bridgehead atoms. The van der Waals surface area contributed by atoms with E-state index in [4.69, 9.17) is 0 Å². The van der Waals surface area contributed by atoms with Gasteiger partial charge in [0.2, 0.25) is 5.91 Å². The largest absolute Gasteiger partial charge is 0.363 e. The van der Waals surface area contributed by atoms with Crippen molar-refractivity contribution in [1.82, 2.24) is 15.6 Å². The van der Waals surface area contributed by atoms with Crippen LogP contribution in [-0.4, -0.2) is 37.6 Å². The molecule has 2 aromatic rings. The lowest BCUT2D eigenvalue weighted by Crippen LogP contribution is -2.39. The minimum Gasteiger partial charge on any atom is -0.363 e. The molecule has 0 aliphatic carbocycles. The number of carbonyl (C=O) groups excluding carboxylic acids is 2. The summed E-state index contributed by atoms with van der Waals surface area (Å²) in [4.78, 5) is 30.2. The first-order chi connectivity index (χ1) is 12.8. The second kappa shape index (κ2) is 9.02. The van der Waals surface area contributed by atoms with Crippen molar-refractivity contribution in [3.63, 3.8) is 0 Å². The van der Waals surface area contributed by atoms with Crippen molar-refractivity contribution in [2.75, 3.05) is 30.9 Å². The van der Waals surface area contributed by atoms with Crippen LogP contribution in [0.3, 0.4) is 0 Å². The van der Waals surface area contributed by atoms with Crippen molar-refractivity contribution in [3.05, 3.63) is 52.7 Å². The number of anilines is 2. The van der Waals surface area contributed by atoms with Gasteiger partial charge in [-0.15, -0.1) is 0 Å². The van der Waals surface area contributed by atoms with Gasteiger partial charge < -0.3 is 20.9 Å². The van der Waals surface area contributed by atoms with Gasteiger partial charge in [0.15, 0.2) is 0 Å². The highest BCUT2D eigenvalue weighted by Gasteiger charge is 2.10. The van der Waals surface area contributed by atoms with E-state index in [-0.39, 0.29) is 12.5 Å². The maximum absolute atomic E-state index is 12.1. The van der Waals surface area contributed by atoms with Gasteiger partial charge in [-0.25, -0.2) is 9.78 Å². The Bertz CT molecular complexity index is 810. The minimum absolute atomic E-state index is 0.0993. The molecular weight excluding hydrogens is 342 g/mol. The number of nitrogens with zero attached hydrogens (tertiary/aromatic N) is 2. The summed E-state index contributed by atoms with van der Waals surface area (Å²) < 4.78 is 0. The molecule has 1 heterocycles. The summed E-state index contributed by atoms with van der Waals surface area (Å²) in [5.74, 6) is 0.553. The molecule has 0 unspecified atom stereocenters. The quantitative estimate of drug-likeness (QED) is 0.730. The Hall–Kier alpha value is -3.09. The van der Waals surface area contributed by atoms with Gasteiger partial charge in [0.1, 0.15) is 5.82 Å². The number of hydrogen-bond donors (Lipinski definition) is 3. The maximum Gasteiger partial charge on any atom is 0.315 e. The van der Waals surface area contributed by atoms with Crippen LogP contribution in [0.4, 0.5) is 16.3 Å². The van der Waals surface area contributed by atoms with E-state index in [0.717, 1.165) is 33.8 Å². The summed E-state index contributed by atoms with van der Waals surface area (Å²) in [5.41, 5.74) is 4.87. The first-order valence-corrected chi connectivity index (χ1v) is 8.78. The molecular formula is C20H27N5O2. The van der Waals surface area contributed by atoms with Crippen LogP contribution in [0, 0.1) is 20.8 Å². The van der Waals surface area contributed by atoms with Crippen LogP contribution in [0.25, 0.3) is 0 Å². The van der Waals surface area contributed by atoms with Crippen molar-refractivity contribution in [2.45, 2.75) is 27.3 Å². The predicted octanol–water partition coefficient (Wildman–Crippen LogP) is 2.51. The van der Waals surface area contributed by atoms with Gasteiger partial charge in [0, 0.05) is 32.5 Å². The smallest absolute Gasteiger partial charge is 0.315 e. The molecule has 7 nitrogen and oxygen atoms in total. The molecule has 3 amide bonds. The monoisotopic (exact) mass is 369 g/mol. The normalized spacial score (nSPS) is 10.3. The van der Waals surface area contributed by atoms with E-state index in [2.05, 4.69) is 20.9 Å². The third-order valence-electron chi connectivity index (χ3n) is 4.07. The third-order valence-corrected chi connectivity index (χ3v) is 4.07. The zero-order valence-corrected chi connectivity index (χ0v) is 16.5. The second-order valence-corrected chi connectivity index (χ2v) is 6.77. The van der Waals surface area contributed by atoms with Crippen molar-refractivity contribution < 1.29 is 9.59 Å². The van der Waals surface area contributed by atoms with Gasteiger partial charge in [-0.1, -0.05) is 17.7 Å². The Morgan fingerprint density at radius 3 is 2.33 bits per heavy atom. The Morgan fingerprint density at radius 2 is 1.70 bits per heavy atom. The Kier molecular flexibility index (Phi) is 6.76. The highest BCUT2D eigenvalue weighted by Crippen LogP contribution is 2.21. The Morgan fingerprint density at radius 1 is 1.04 bits per heavy atom. The average molecular weight is 369 g/mol. The van der Waals surface area contributed by atoms with Crippen LogP contribution in [0.15, 0.2) is 30.5 Å². The van der Waals surface area contributed by atoms with E-state index in [1.807, 2.05) is 64.0 Å². The molecule has 0 aliphatic heterocycles. The van der Waals surface area contributed by atoms with Crippen LogP contribution in [0.1, 0.15) is 22.3 Å². The summed E-state index contributed by atoms with van der Waals surface area (Å²) in [7, 11) is 3.81. The Balaban J connectivity index is 1.82. The number of urea groups is 1. The van der Waals surface area contributed by atoms with Crippen LogP contribution >= 0.6 is 0 Å². The molecule has 0 fully saturated rings. The van der Waals surface area contributed by atoms with Crippen LogP contribution in [-0.2, 0) is 11.3 Å². The first-order valence-electron chi connectivity index (χ1n) is 8.78. The number of rotatable bonds is 6. The fraction of sp³-hybridized carbons (Fsp3) is 0.350. The van der Waals surface area contributed by atoms with Gasteiger partial charge in [-0.2, -0.15) is 0 Å². The fourth-order valence-corrected chi connectivity index (χ4v) is 2.78. The third kappa shape index (κ3) is 5.99. The highest BCUT2D eigenvalue weighted by atomic mass is 16.2. The minimum atomic E-state index is -0.397. The number of hydrogen-bond acceptors (Lipinski definition) is 4. The van der Waals surface area contributed by atoms with E-state index in [9.17, 15) is 9.59 Å². The SMILES string of the molecule is Cc1cc(C)c(NC(=O)CNC(=O)NCc2ccnc(N(C)C)c2)c(C)c1. The molecule has 144 valence electrons.